The lowest BCUT2D eigenvalue weighted by Gasteiger charge is -2.40. The first-order chi connectivity index (χ1) is 11.4. The Kier molecular flexibility index (Phi) is 5.72. The highest BCUT2D eigenvalue weighted by Gasteiger charge is 2.30. The van der Waals surface area contributed by atoms with Crippen molar-refractivity contribution in [2.24, 2.45) is 0 Å². The molecule has 2 atom stereocenters. The van der Waals surface area contributed by atoms with E-state index in [0.717, 1.165) is 6.07 Å². The SMILES string of the molecule is Cc1c(C(O)CN2CCN(C(=O)O)C[C@H]2CO)ccc(F)c1C#N. The molecule has 0 saturated carbocycles. The van der Waals surface area contributed by atoms with Crippen LogP contribution in [0, 0.1) is 24.1 Å². The number of aliphatic hydroxyl groups excluding tert-OH is 2. The summed E-state index contributed by atoms with van der Waals surface area (Å²) >= 11 is 0. The maximum absolute atomic E-state index is 13.6. The van der Waals surface area contributed by atoms with Gasteiger partial charge in [0.15, 0.2) is 0 Å². The van der Waals surface area contributed by atoms with E-state index in [1.54, 1.807) is 17.9 Å². The second kappa shape index (κ2) is 7.57. The fourth-order valence-corrected chi connectivity index (χ4v) is 2.99. The summed E-state index contributed by atoms with van der Waals surface area (Å²) in [6, 6.07) is 3.96. The molecule has 130 valence electrons. The molecule has 0 aliphatic carbocycles. The van der Waals surface area contributed by atoms with Gasteiger partial charge in [-0.2, -0.15) is 5.26 Å². The number of piperazine rings is 1. The molecular formula is C16H20FN3O4. The molecule has 1 aromatic rings. The van der Waals surface area contributed by atoms with E-state index in [-0.39, 0.29) is 31.8 Å². The van der Waals surface area contributed by atoms with E-state index in [1.165, 1.54) is 11.0 Å². The quantitative estimate of drug-likeness (QED) is 0.746. The maximum Gasteiger partial charge on any atom is 0.407 e. The van der Waals surface area contributed by atoms with Gasteiger partial charge in [-0.25, -0.2) is 9.18 Å². The third-order valence-corrected chi connectivity index (χ3v) is 4.42. The van der Waals surface area contributed by atoms with Gasteiger partial charge in [0.25, 0.3) is 0 Å². The summed E-state index contributed by atoms with van der Waals surface area (Å²) in [4.78, 5) is 14.1. The van der Waals surface area contributed by atoms with Gasteiger partial charge in [-0.3, -0.25) is 4.90 Å². The van der Waals surface area contributed by atoms with E-state index in [0.29, 0.717) is 17.7 Å². The van der Waals surface area contributed by atoms with Crippen LogP contribution in [0.1, 0.15) is 22.8 Å². The highest BCUT2D eigenvalue weighted by molar-refractivity contribution is 5.65. The number of nitriles is 1. The van der Waals surface area contributed by atoms with Gasteiger partial charge >= 0.3 is 6.09 Å². The summed E-state index contributed by atoms with van der Waals surface area (Å²) in [6.07, 6.45) is -2.01. The molecule has 3 N–H and O–H groups in total. The Morgan fingerprint density at radius 2 is 2.21 bits per heavy atom. The number of aliphatic hydroxyl groups is 2. The van der Waals surface area contributed by atoms with Crippen LogP contribution in [0.25, 0.3) is 0 Å². The molecule has 24 heavy (non-hydrogen) atoms. The van der Waals surface area contributed by atoms with Crippen molar-refractivity contribution in [3.63, 3.8) is 0 Å². The molecule has 7 nitrogen and oxygen atoms in total. The zero-order valence-corrected chi connectivity index (χ0v) is 13.3. The number of halogens is 1. The van der Waals surface area contributed by atoms with Crippen LogP contribution < -0.4 is 0 Å². The van der Waals surface area contributed by atoms with Crippen molar-refractivity contribution < 1.29 is 24.5 Å². The lowest BCUT2D eigenvalue weighted by atomic mass is 9.97. The zero-order chi connectivity index (χ0) is 17.9. The second-order valence-electron chi connectivity index (χ2n) is 5.82. The number of amides is 1. The van der Waals surface area contributed by atoms with E-state index < -0.39 is 24.1 Å². The summed E-state index contributed by atoms with van der Waals surface area (Å²) in [5.41, 5.74) is 0.737. The minimum Gasteiger partial charge on any atom is -0.465 e. The molecule has 8 heteroatoms. The molecule has 1 heterocycles. The van der Waals surface area contributed by atoms with Crippen molar-refractivity contribution >= 4 is 6.09 Å². The fraction of sp³-hybridized carbons (Fsp3) is 0.500. The second-order valence-corrected chi connectivity index (χ2v) is 5.82. The number of hydrogen-bond donors (Lipinski definition) is 3. The van der Waals surface area contributed by atoms with Gasteiger partial charge in [-0.1, -0.05) is 6.07 Å². The Balaban J connectivity index is 2.14. The van der Waals surface area contributed by atoms with Crippen molar-refractivity contribution in [2.75, 3.05) is 32.8 Å². The Morgan fingerprint density at radius 1 is 1.50 bits per heavy atom. The maximum atomic E-state index is 13.6. The van der Waals surface area contributed by atoms with Gasteiger partial charge in [-0.05, 0) is 24.1 Å². The van der Waals surface area contributed by atoms with Crippen LogP contribution in [0.4, 0.5) is 9.18 Å². The van der Waals surface area contributed by atoms with Crippen LogP contribution in [0.2, 0.25) is 0 Å². The van der Waals surface area contributed by atoms with Gasteiger partial charge in [0.1, 0.15) is 11.9 Å². The number of nitrogens with zero attached hydrogens (tertiary/aromatic N) is 3. The number of hydrogen-bond acceptors (Lipinski definition) is 5. The average Bonchev–Trinajstić information content (AvgIpc) is 2.55. The molecule has 1 aliphatic rings. The minimum atomic E-state index is -1.04. The molecule has 0 radical (unpaired) electrons. The summed E-state index contributed by atoms with van der Waals surface area (Å²) < 4.78 is 13.6. The topological polar surface area (TPSA) is 108 Å². The van der Waals surface area contributed by atoms with Gasteiger partial charge in [0.2, 0.25) is 0 Å². The van der Waals surface area contributed by atoms with Gasteiger partial charge < -0.3 is 20.2 Å². The first kappa shape index (κ1) is 18.1. The minimum absolute atomic E-state index is 0.0963. The number of carboxylic acid groups (broad SMARTS) is 1. The lowest BCUT2D eigenvalue weighted by Crippen LogP contribution is -2.56. The van der Waals surface area contributed by atoms with Crippen molar-refractivity contribution in [3.05, 3.63) is 34.6 Å². The van der Waals surface area contributed by atoms with Crippen LogP contribution in [0.3, 0.4) is 0 Å². The Hall–Kier alpha value is -2.21. The molecule has 1 unspecified atom stereocenters. The monoisotopic (exact) mass is 337 g/mol. The smallest absolute Gasteiger partial charge is 0.407 e. The third kappa shape index (κ3) is 3.64. The predicted molar refractivity (Wildman–Crippen MR) is 82.9 cm³/mol. The van der Waals surface area contributed by atoms with Crippen molar-refractivity contribution in [1.29, 1.82) is 5.26 Å². The van der Waals surface area contributed by atoms with E-state index in [2.05, 4.69) is 0 Å². The highest BCUT2D eigenvalue weighted by Crippen LogP contribution is 2.24. The Labute approximate surface area is 139 Å². The standard InChI is InChI=1S/C16H20FN3O4/c1-10-12(2-3-14(17)13(10)6-18)15(22)8-19-4-5-20(16(23)24)7-11(19)9-21/h2-3,11,15,21-22H,4-5,7-9H2,1H3,(H,23,24)/t11-,15?/m0/s1. The summed E-state index contributed by atoms with van der Waals surface area (Å²) in [5.74, 6) is -0.630. The van der Waals surface area contributed by atoms with Crippen molar-refractivity contribution in [1.82, 2.24) is 9.80 Å². The number of benzene rings is 1. The first-order valence-electron chi connectivity index (χ1n) is 7.59. The average molecular weight is 337 g/mol. The molecule has 1 fully saturated rings. The zero-order valence-electron chi connectivity index (χ0n) is 13.3. The van der Waals surface area contributed by atoms with Crippen LogP contribution in [0.15, 0.2) is 12.1 Å². The largest absolute Gasteiger partial charge is 0.465 e. The molecule has 1 amide bonds. The van der Waals surface area contributed by atoms with Gasteiger partial charge in [-0.15, -0.1) is 0 Å². The number of rotatable bonds is 4. The normalized spacial score (nSPS) is 19.8. The Morgan fingerprint density at radius 3 is 2.79 bits per heavy atom. The van der Waals surface area contributed by atoms with Crippen LogP contribution in [-0.2, 0) is 0 Å². The van der Waals surface area contributed by atoms with E-state index >= 15 is 0 Å². The summed E-state index contributed by atoms with van der Waals surface area (Å²) in [6.45, 7) is 2.32. The van der Waals surface area contributed by atoms with E-state index in [4.69, 9.17) is 10.4 Å². The fourth-order valence-electron chi connectivity index (χ4n) is 2.99. The molecule has 0 spiro atoms. The van der Waals surface area contributed by atoms with Gasteiger partial charge in [0.05, 0.1) is 24.3 Å². The highest BCUT2D eigenvalue weighted by atomic mass is 19.1. The molecular weight excluding hydrogens is 317 g/mol. The molecule has 0 aromatic heterocycles. The van der Waals surface area contributed by atoms with Crippen LogP contribution in [-0.4, -0.2) is 70.0 Å². The third-order valence-electron chi connectivity index (χ3n) is 4.42. The summed E-state index contributed by atoms with van der Waals surface area (Å²) in [5, 5.41) is 38.0. The number of carbonyl (C=O) groups is 1. The summed E-state index contributed by atoms with van der Waals surface area (Å²) in [7, 11) is 0. The molecule has 1 aliphatic heterocycles. The van der Waals surface area contributed by atoms with Crippen molar-refractivity contribution in [3.8, 4) is 6.07 Å². The van der Waals surface area contributed by atoms with E-state index in [1.807, 2.05) is 0 Å². The van der Waals surface area contributed by atoms with Crippen molar-refractivity contribution in [2.45, 2.75) is 19.1 Å². The molecule has 0 bridgehead atoms. The Bertz CT molecular complexity index is 661. The van der Waals surface area contributed by atoms with E-state index in [9.17, 15) is 19.4 Å². The molecule has 1 aromatic carbocycles. The molecule has 2 rings (SSSR count). The van der Waals surface area contributed by atoms with Gasteiger partial charge in [0, 0.05) is 26.2 Å². The van der Waals surface area contributed by atoms with Crippen LogP contribution >= 0.6 is 0 Å². The predicted octanol–water partition coefficient (Wildman–Crippen LogP) is 0.696. The van der Waals surface area contributed by atoms with Crippen LogP contribution in [0.5, 0.6) is 0 Å². The number of β-amino-alcohol motifs (C(OH)–C–C–N with tert-alkyl or cyclic N) is 1. The first-order valence-corrected chi connectivity index (χ1v) is 7.59. The molecule has 1 saturated heterocycles. The lowest BCUT2D eigenvalue weighted by molar-refractivity contribution is 0.0129.